The minimum Gasteiger partial charge on any atom is -0.333 e. The average molecular weight is 271 g/mol. The molecular formula is C17H25N3. The van der Waals surface area contributed by atoms with Crippen LogP contribution in [0.15, 0.2) is 36.7 Å². The van der Waals surface area contributed by atoms with Gasteiger partial charge in [-0.1, -0.05) is 45.0 Å². The summed E-state index contributed by atoms with van der Waals surface area (Å²) in [5.41, 5.74) is 2.71. The van der Waals surface area contributed by atoms with Crippen molar-refractivity contribution in [3.05, 3.63) is 53.6 Å². The van der Waals surface area contributed by atoms with Gasteiger partial charge in [0.05, 0.1) is 6.04 Å². The lowest BCUT2D eigenvalue weighted by Crippen LogP contribution is -2.26. The van der Waals surface area contributed by atoms with Gasteiger partial charge in [-0.05, 0) is 24.6 Å². The van der Waals surface area contributed by atoms with Gasteiger partial charge >= 0.3 is 0 Å². The molecule has 0 amide bonds. The molecule has 0 saturated carbocycles. The van der Waals surface area contributed by atoms with Gasteiger partial charge in [0.1, 0.15) is 5.82 Å². The van der Waals surface area contributed by atoms with Crippen LogP contribution in [-0.2, 0) is 6.54 Å². The SMILES string of the molecule is CCNC(Cn1ccnc1C(C)C)c1ccccc1C. The number of benzene rings is 1. The Labute approximate surface area is 122 Å². The molecule has 1 unspecified atom stereocenters. The van der Waals surface area contributed by atoms with E-state index in [9.17, 15) is 0 Å². The summed E-state index contributed by atoms with van der Waals surface area (Å²) < 4.78 is 2.27. The quantitative estimate of drug-likeness (QED) is 0.869. The van der Waals surface area contributed by atoms with Gasteiger partial charge in [-0.3, -0.25) is 0 Å². The highest BCUT2D eigenvalue weighted by Crippen LogP contribution is 2.21. The van der Waals surface area contributed by atoms with Crippen LogP contribution in [0, 0.1) is 6.92 Å². The zero-order chi connectivity index (χ0) is 14.5. The van der Waals surface area contributed by atoms with Gasteiger partial charge in [-0.25, -0.2) is 4.98 Å². The molecule has 1 aromatic carbocycles. The van der Waals surface area contributed by atoms with E-state index in [1.54, 1.807) is 0 Å². The number of aryl methyl sites for hydroxylation is 1. The van der Waals surface area contributed by atoms with Crippen molar-refractivity contribution in [3.63, 3.8) is 0 Å². The van der Waals surface area contributed by atoms with Gasteiger partial charge in [0, 0.05) is 24.9 Å². The number of likely N-dealkylation sites (N-methyl/N-ethyl adjacent to an activating group) is 1. The molecule has 3 heteroatoms. The highest BCUT2D eigenvalue weighted by molar-refractivity contribution is 5.28. The van der Waals surface area contributed by atoms with E-state index in [1.165, 1.54) is 11.1 Å². The lowest BCUT2D eigenvalue weighted by molar-refractivity contribution is 0.458. The largest absolute Gasteiger partial charge is 0.333 e. The van der Waals surface area contributed by atoms with Crippen molar-refractivity contribution in [2.24, 2.45) is 0 Å². The van der Waals surface area contributed by atoms with E-state index in [0.717, 1.165) is 18.9 Å². The zero-order valence-electron chi connectivity index (χ0n) is 12.9. The Morgan fingerprint density at radius 3 is 2.65 bits per heavy atom. The summed E-state index contributed by atoms with van der Waals surface area (Å²) in [5.74, 6) is 1.60. The van der Waals surface area contributed by atoms with E-state index < -0.39 is 0 Å². The fraction of sp³-hybridized carbons (Fsp3) is 0.471. The van der Waals surface area contributed by atoms with Gasteiger partial charge in [0.15, 0.2) is 0 Å². The van der Waals surface area contributed by atoms with Crippen molar-refractivity contribution >= 4 is 0 Å². The predicted octanol–water partition coefficient (Wildman–Crippen LogP) is 3.67. The van der Waals surface area contributed by atoms with Crippen molar-refractivity contribution in [1.82, 2.24) is 14.9 Å². The molecule has 0 fully saturated rings. The molecule has 0 saturated heterocycles. The van der Waals surface area contributed by atoms with Gasteiger partial charge in [-0.15, -0.1) is 0 Å². The van der Waals surface area contributed by atoms with Crippen molar-refractivity contribution < 1.29 is 0 Å². The van der Waals surface area contributed by atoms with E-state index in [4.69, 9.17) is 0 Å². The van der Waals surface area contributed by atoms with Gasteiger partial charge in [0.2, 0.25) is 0 Å². The van der Waals surface area contributed by atoms with Crippen LogP contribution in [-0.4, -0.2) is 16.1 Å². The Bertz CT molecular complexity index is 543. The number of nitrogens with one attached hydrogen (secondary N) is 1. The average Bonchev–Trinajstić information content (AvgIpc) is 2.87. The molecule has 2 aromatic rings. The first-order chi connectivity index (χ1) is 9.63. The van der Waals surface area contributed by atoms with Crippen molar-refractivity contribution in [3.8, 4) is 0 Å². The Hall–Kier alpha value is -1.61. The van der Waals surface area contributed by atoms with Crippen molar-refractivity contribution in [2.75, 3.05) is 6.54 Å². The molecule has 3 nitrogen and oxygen atoms in total. The number of hydrogen-bond acceptors (Lipinski definition) is 2. The van der Waals surface area contributed by atoms with Crippen LogP contribution >= 0.6 is 0 Å². The third-order valence-electron chi connectivity index (χ3n) is 3.66. The highest BCUT2D eigenvalue weighted by Gasteiger charge is 2.15. The maximum Gasteiger partial charge on any atom is 0.111 e. The fourth-order valence-corrected chi connectivity index (χ4v) is 2.67. The molecule has 2 rings (SSSR count). The minimum atomic E-state index is 0.327. The smallest absolute Gasteiger partial charge is 0.111 e. The molecule has 1 aromatic heterocycles. The van der Waals surface area contributed by atoms with Gasteiger partial charge in [0.25, 0.3) is 0 Å². The van der Waals surface area contributed by atoms with Gasteiger partial charge < -0.3 is 9.88 Å². The zero-order valence-corrected chi connectivity index (χ0v) is 12.9. The summed E-state index contributed by atoms with van der Waals surface area (Å²) in [6.07, 6.45) is 3.98. The van der Waals surface area contributed by atoms with Crippen LogP contribution < -0.4 is 5.32 Å². The lowest BCUT2D eigenvalue weighted by atomic mass is 10.0. The summed E-state index contributed by atoms with van der Waals surface area (Å²) >= 11 is 0. The second-order valence-corrected chi connectivity index (χ2v) is 5.56. The van der Waals surface area contributed by atoms with Crippen LogP contribution in [0.1, 0.15) is 49.7 Å². The van der Waals surface area contributed by atoms with Crippen molar-refractivity contribution in [2.45, 2.75) is 46.2 Å². The van der Waals surface area contributed by atoms with Crippen LogP contribution in [0.5, 0.6) is 0 Å². The molecule has 0 aliphatic carbocycles. The standard InChI is InChI=1S/C17H25N3/c1-5-18-16(15-9-7-6-8-14(15)4)12-20-11-10-19-17(20)13(2)3/h6-11,13,16,18H,5,12H2,1-4H3. The fourth-order valence-electron chi connectivity index (χ4n) is 2.67. The van der Waals surface area contributed by atoms with E-state index >= 15 is 0 Å². The minimum absolute atomic E-state index is 0.327. The molecule has 0 spiro atoms. The summed E-state index contributed by atoms with van der Waals surface area (Å²) in [6.45, 7) is 10.6. The third kappa shape index (κ3) is 3.28. The second-order valence-electron chi connectivity index (χ2n) is 5.56. The lowest BCUT2D eigenvalue weighted by Gasteiger charge is -2.22. The molecule has 0 radical (unpaired) electrons. The maximum atomic E-state index is 4.48. The van der Waals surface area contributed by atoms with Crippen LogP contribution in [0.3, 0.4) is 0 Å². The maximum absolute atomic E-state index is 4.48. The predicted molar refractivity (Wildman–Crippen MR) is 83.9 cm³/mol. The van der Waals surface area contributed by atoms with Crippen LogP contribution in [0.2, 0.25) is 0 Å². The Morgan fingerprint density at radius 1 is 1.25 bits per heavy atom. The Kier molecular flexibility index (Phi) is 4.96. The van der Waals surface area contributed by atoms with Gasteiger partial charge in [-0.2, -0.15) is 0 Å². The van der Waals surface area contributed by atoms with Crippen LogP contribution in [0.4, 0.5) is 0 Å². The molecule has 0 aliphatic rings. The molecule has 0 bridgehead atoms. The number of imidazole rings is 1. The Morgan fingerprint density at radius 2 is 2.00 bits per heavy atom. The molecule has 20 heavy (non-hydrogen) atoms. The molecule has 1 N–H and O–H groups in total. The second kappa shape index (κ2) is 6.71. The summed E-state index contributed by atoms with van der Waals surface area (Å²) in [5, 5.41) is 3.60. The molecule has 1 atom stereocenters. The molecule has 108 valence electrons. The highest BCUT2D eigenvalue weighted by atomic mass is 15.1. The first kappa shape index (κ1) is 14.8. The van der Waals surface area contributed by atoms with Crippen LogP contribution in [0.25, 0.3) is 0 Å². The number of aromatic nitrogens is 2. The topological polar surface area (TPSA) is 29.9 Å². The molecule has 1 heterocycles. The summed E-state index contributed by atoms with van der Waals surface area (Å²) in [7, 11) is 0. The Balaban J connectivity index is 2.26. The van der Waals surface area contributed by atoms with E-state index in [2.05, 4.69) is 73.0 Å². The first-order valence-electron chi connectivity index (χ1n) is 7.43. The summed E-state index contributed by atoms with van der Waals surface area (Å²) in [6, 6.07) is 8.93. The summed E-state index contributed by atoms with van der Waals surface area (Å²) in [4.78, 5) is 4.48. The molecule has 0 aliphatic heterocycles. The van der Waals surface area contributed by atoms with Crippen molar-refractivity contribution in [1.29, 1.82) is 0 Å². The third-order valence-corrected chi connectivity index (χ3v) is 3.66. The number of hydrogen-bond donors (Lipinski definition) is 1. The first-order valence-corrected chi connectivity index (χ1v) is 7.43. The number of nitrogens with zero attached hydrogens (tertiary/aromatic N) is 2. The molecular weight excluding hydrogens is 246 g/mol. The monoisotopic (exact) mass is 271 g/mol. The number of rotatable bonds is 6. The normalized spacial score (nSPS) is 12.8. The van der Waals surface area contributed by atoms with E-state index in [-0.39, 0.29) is 0 Å². The van der Waals surface area contributed by atoms with E-state index in [1.807, 2.05) is 6.20 Å². The van der Waals surface area contributed by atoms with E-state index in [0.29, 0.717) is 12.0 Å².